The van der Waals surface area contributed by atoms with Gasteiger partial charge in [-0.1, -0.05) is 54.4 Å². The van der Waals surface area contributed by atoms with Crippen molar-refractivity contribution in [3.8, 4) is 5.75 Å². The number of benzene rings is 3. The van der Waals surface area contributed by atoms with Gasteiger partial charge in [0.15, 0.2) is 0 Å². The average Bonchev–Trinajstić information content (AvgIpc) is 2.95. The largest absolute Gasteiger partial charge is 0.494 e. The summed E-state index contributed by atoms with van der Waals surface area (Å²) in [4.78, 5) is 28.7. The number of sulfonamides is 1. The topological polar surface area (TPSA) is 96.0 Å². The Morgan fingerprint density at radius 1 is 0.902 bits per heavy atom. The molecule has 1 N–H and O–H groups in total. The van der Waals surface area contributed by atoms with Gasteiger partial charge in [-0.25, -0.2) is 8.42 Å². The van der Waals surface area contributed by atoms with Crippen LogP contribution in [0.1, 0.15) is 50.8 Å². The van der Waals surface area contributed by atoms with E-state index in [4.69, 9.17) is 4.74 Å². The molecule has 41 heavy (non-hydrogen) atoms. The average molecular weight is 580 g/mol. The van der Waals surface area contributed by atoms with Crippen molar-refractivity contribution in [3.63, 3.8) is 0 Å². The van der Waals surface area contributed by atoms with E-state index >= 15 is 0 Å². The van der Waals surface area contributed by atoms with Gasteiger partial charge in [-0.3, -0.25) is 13.9 Å². The lowest BCUT2D eigenvalue weighted by Crippen LogP contribution is -2.52. The second-order valence-electron chi connectivity index (χ2n) is 10.3. The van der Waals surface area contributed by atoms with Gasteiger partial charge in [-0.15, -0.1) is 0 Å². The Kier molecular flexibility index (Phi) is 10.9. The summed E-state index contributed by atoms with van der Waals surface area (Å²) in [5.74, 6) is -0.205. The Morgan fingerprint density at radius 2 is 1.56 bits per heavy atom. The van der Waals surface area contributed by atoms with E-state index in [1.54, 1.807) is 43.3 Å². The van der Waals surface area contributed by atoms with Crippen LogP contribution in [-0.2, 0) is 26.2 Å². The zero-order chi connectivity index (χ0) is 30.2. The molecule has 0 aliphatic rings. The highest BCUT2D eigenvalue weighted by molar-refractivity contribution is 7.92. The number of nitrogens with zero attached hydrogens (tertiary/aromatic N) is 2. The Labute approximate surface area is 244 Å². The van der Waals surface area contributed by atoms with Crippen molar-refractivity contribution in [3.05, 3.63) is 89.5 Å². The molecule has 0 saturated carbocycles. The monoisotopic (exact) mass is 579 g/mol. The molecule has 8 nitrogen and oxygen atoms in total. The van der Waals surface area contributed by atoms with E-state index in [1.807, 2.05) is 58.9 Å². The fourth-order valence-corrected chi connectivity index (χ4v) is 5.71. The normalized spacial score (nSPS) is 12.7. The van der Waals surface area contributed by atoms with Crippen LogP contribution in [0, 0.1) is 13.8 Å². The number of rotatable bonds is 13. The van der Waals surface area contributed by atoms with Crippen molar-refractivity contribution < 1.29 is 22.7 Å². The summed E-state index contributed by atoms with van der Waals surface area (Å²) in [5, 5.41) is 2.95. The van der Waals surface area contributed by atoms with Gasteiger partial charge in [-0.05, 0) is 83.0 Å². The van der Waals surface area contributed by atoms with Crippen LogP contribution in [0.2, 0.25) is 0 Å². The summed E-state index contributed by atoms with van der Waals surface area (Å²) in [7, 11) is -4.13. The van der Waals surface area contributed by atoms with E-state index in [-0.39, 0.29) is 23.4 Å². The van der Waals surface area contributed by atoms with Crippen LogP contribution in [-0.4, -0.2) is 50.4 Å². The first kappa shape index (κ1) is 31.7. The van der Waals surface area contributed by atoms with Gasteiger partial charge in [0.1, 0.15) is 18.3 Å². The summed E-state index contributed by atoms with van der Waals surface area (Å²) < 4.78 is 34.5. The maximum absolute atomic E-state index is 14.0. The number of carbonyl (C=O) groups is 2. The molecule has 220 valence electrons. The van der Waals surface area contributed by atoms with Crippen LogP contribution in [0.25, 0.3) is 0 Å². The second-order valence-corrected chi connectivity index (χ2v) is 12.1. The summed E-state index contributed by atoms with van der Waals surface area (Å²) in [6.07, 6.45) is 0.741. The first-order valence-electron chi connectivity index (χ1n) is 13.9. The molecule has 9 heteroatoms. The molecule has 3 aromatic rings. The van der Waals surface area contributed by atoms with Crippen molar-refractivity contribution in [2.24, 2.45) is 0 Å². The number of aryl methyl sites for hydroxylation is 2. The summed E-state index contributed by atoms with van der Waals surface area (Å²) in [5.41, 5.74) is 3.09. The van der Waals surface area contributed by atoms with Gasteiger partial charge in [-0.2, -0.15) is 0 Å². The number of amides is 2. The van der Waals surface area contributed by atoms with Gasteiger partial charge < -0.3 is 15.0 Å². The zero-order valence-electron chi connectivity index (χ0n) is 24.8. The third-order valence-corrected chi connectivity index (χ3v) is 8.72. The molecular weight excluding hydrogens is 538 g/mol. The molecule has 3 rings (SSSR count). The van der Waals surface area contributed by atoms with Crippen LogP contribution in [0.4, 0.5) is 5.69 Å². The summed E-state index contributed by atoms with van der Waals surface area (Å²) >= 11 is 0. The third kappa shape index (κ3) is 8.33. The first-order chi connectivity index (χ1) is 19.5. The van der Waals surface area contributed by atoms with Crippen LogP contribution >= 0.6 is 0 Å². The quantitative estimate of drug-likeness (QED) is 0.299. The number of ether oxygens (including phenoxy) is 1. The van der Waals surface area contributed by atoms with Crippen molar-refractivity contribution in [1.82, 2.24) is 10.2 Å². The Morgan fingerprint density at radius 3 is 2.15 bits per heavy atom. The van der Waals surface area contributed by atoms with E-state index in [1.165, 1.54) is 17.0 Å². The minimum Gasteiger partial charge on any atom is -0.494 e. The van der Waals surface area contributed by atoms with Gasteiger partial charge in [0.25, 0.3) is 10.0 Å². The highest BCUT2D eigenvalue weighted by atomic mass is 32.2. The Bertz CT molecular complexity index is 1420. The Hall–Kier alpha value is -3.85. The molecule has 0 unspecified atom stereocenters. The highest BCUT2D eigenvalue weighted by Gasteiger charge is 2.32. The standard InChI is InChI=1S/C32H41N3O5S/c1-7-25(5)33-32(37)26(6)34(21-27-11-9-10-24(4)20-27)31(36)22-35(28-14-16-29(17-15-28)40-8-2)41(38,39)30-18-12-23(3)13-19-30/h9-20,25-26H,7-8,21-22H2,1-6H3,(H,33,37)/t25-,26+/m1/s1. The molecular formula is C32H41N3O5S. The van der Waals surface area contributed by atoms with Crippen LogP contribution in [0.15, 0.2) is 77.7 Å². The minimum atomic E-state index is -4.13. The van der Waals surface area contributed by atoms with Crippen molar-refractivity contribution in [1.29, 1.82) is 0 Å². The van der Waals surface area contributed by atoms with E-state index in [0.29, 0.717) is 18.0 Å². The molecule has 2 atom stereocenters. The molecule has 0 spiro atoms. The fourth-order valence-electron chi connectivity index (χ4n) is 4.30. The fraction of sp³-hybridized carbons (Fsp3) is 0.375. The second kappa shape index (κ2) is 14.2. The number of hydrogen-bond donors (Lipinski definition) is 1. The number of carbonyl (C=O) groups excluding carboxylic acids is 2. The predicted octanol–water partition coefficient (Wildman–Crippen LogP) is 5.23. The van der Waals surface area contributed by atoms with Gasteiger partial charge in [0.05, 0.1) is 17.2 Å². The molecule has 0 aliphatic heterocycles. The lowest BCUT2D eigenvalue weighted by Gasteiger charge is -2.32. The van der Waals surface area contributed by atoms with Crippen molar-refractivity contribution in [2.45, 2.75) is 71.5 Å². The lowest BCUT2D eigenvalue weighted by molar-refractivity contribution is -0.139. The van der Waals surface area contributed by atoms with E-state index < -0.39 is 28.5 Å². The SMILES string of the molecule is CCOc1ccc(N(CC(=O)N(Cc2cccc(C)c2)[C@@H](C)C(=O)N[C@H](C)CC)S(=O)(=O)c2ccc(C)cc2)cc1. The number of nitrogens with one attached hydrogen (secondary N) is 1. The first-order valence-corrected chi connectivity index (χ1v) is 15.4. The number of anilines is 1. The maximum Gasteiger partial charge on any atom is 0.264 e. The molecule has 2 amide bonds. The van der Waals surface area contributed by atoms with E-state index in [0.717, 1.165) is 27.4 Å². The summed E-state index contributed by atoms with van der Waals surface area (Å²) in [6, 6.07) is 19.9. The van der Waals surface area contributed by atoms with Gasteiger partial charge in [0, 0.05) is 12.6 Å². The van der Waals surface area contributed by atoms with Crippen LogP contribution in [0.3, 0.4) is 0 Å². The molecule has 0 aromatic heterocycles. The molecule has 3 aromatic carbocycles. The zero-order valence-corrected chi connectivity index (χ0v) is 25.6. The maximum atomic E-state index is 14.0. The molecule has 0 heterocycles. The molecule has 0 saturated heterocycles. The van der Waals surface area contributed by atoms with E-state index in [9.17, 15) is 18.0 Å². The number of hydrogen-bond acceptors (Lipinski definition) is 5. The summed E-state index contributed by atoms with van der Waals surface area (Å²) in [6.45, 7) is 11.4. The third-order valence-electron chi connectivity index (χ3n) is 6.93. The lowest BCUT2D eigenvalue weighted by atomic mass is 10.1. The van der Waals surface area contributed by atoms with Gasteiger partial charge >= 0.3 is 0 Å². The van der Waals surface area contributed by atoms with Crippen LogP contribution in [0.5, 0.6) is 5.75 Å². The molecule has 0 radical (unpaired) electrons. The smallest absolute Gasteiger partial charge is 0.264 e. The van der Waals surface area contributed by atoms with Crippen LogP contribution < -0.4 is 14.4 Å². The predicted molar refractivity (Wildman–Crippen MR) is 162 cm³/mol. The van der Waals surface area contributed by atoms with E-state index in [2.05, 4.69) is 5.32 Å². The minimum absolute atomic E-state index is 0.0665. The Balaban J connectivity index is 2.03. The van der Waals surface area contributed by atoms with Gasteiger partial charge in [0.2, 0.25) is 11.8 Å². The molecule has 0 bridgehead atoms. The van der Waals surface area contributed by atoms with Crippen molar-refractivity contribution in [2.75, 3.05) is 17.5 Å². The molecule has 0 aliphatic carbocycles. The highest BCUT2D eigenvalue weighted by Crippen LogP contribution is 2.27. The van der Waals surface area contributed by atoms with Crippen molar-refractivity contribution >= 4 is 27.5 Å². The molecule has 0 fully saturated rings.